The van der Waals surface area contributed by atoms with Crippen LogP contribution in [-0.4, -0.2) is 14.5 Å². The van der Waals surface area contributed by atoms with Gasteiger partial charge < -0.3 is 5.11 Å². The number of fused-ring (bicyclic) bond motifs is 3. The lowest BCUT2D eigenvalue weighted by Gasteiger charge is -2.14. The molecule has 1 aliphatic carbocycles. The predicted octanol–water partition coefficient (Wildman–Crippen LogP) is 3.94. The molecule has 3 aromatic rings. The standard InChI is InChI=1S/C18H20N2OS/c21-16(11-10-13-6-2-1-3-7-13)15-12-19-18-20(15)14-8-4-5-9-17(14)22-18/h1-3,6-7,12,16,21H,4-5,8-11H2. The molecule has 0 spiro atoms. The van der Waals surface area contributed by atoms with Crippen LogP contribution in [0.25, 0.3) is 4.96 Å². The second-order valence-corrected chi connectivity index (χ2v) is 7.08. The van der Waals surface area contributed by atoms with E-state index in [2.05, 4.69) is 21.5 Å². The van der Waals surface area contributed by atoms with Crippen LogP contribution >= 0.6 is 11.3 Å². The van der Waals surface area contributed by atoms with Crippen molar-refractivity contribution < 1.29 is 5.11 Å². The Labute approximate surface area is 134 Å². The Morgan fingerprint density at radius 1 is 1.18 bits per heavy atom. The smallest absolute Gasteiger partial charge is 0.194 e. The third kappa shape index (κ3) is 2.46. The van der Waals surface area contributed by atoms with Crippen LogP contribution in [0, 0.1) is 0 Å². The highest BCUT2D eigenvalue weighted by molar-refractivity contribution is 7.17. The fraction of sp³-hybridized carbons (Fsp3) is 0.389. The molecular formula is C18H20N2OS. The number of hydrogen-bond donors (Lipinski definition) is 1. The van der Waals surface area contributed by atoms with E-state index in [1.54, 1.807) is 11.3 Å². The van der Waals surface area contributed by atoms with Gasteiger partial charge >= 0.3 is 0 Å². The monoisotopic (exact) mass is 312 g/mol. The minimum atomic E-state index is -0.448. The number of benzene rings is 1. The zero-order valence-electron chi connectivity index (χ0n) is 12.5. The molecule has 2 aromatic heterocycles. The summed E-state index contributed by atoms with van der Waals surface area (Å²) in [6, 6.07) is 10.4. The quantitative estimate of drug-likeness (QED) is 0.792. The van der Waals surface area contributed by atoms with Crippen molar-refractivity contribution in [3.05, 3.63) is 58.4 Å². The van der Waals surface area contributed by atoms with Crippen molar-refractivity contribution in [2.24, 2.45) is 0 Å². The highest BCUT2D eigenvalue weighted by atomic mass is 32.1. The lowest BCUT2D eigenvalue weighted by molar-refractivity contribution is 0.162. The summed E-state index contributed by atoms with van der Waals surface area (Å²) in [6.45, 7) is 0. The maximum absolute atomic E-state index is 10.6. The maximum atomic E-state index is 10.6. The van der Waals surface area contributed by atoms with E-state index in [0.29, 0.717) is 0 Å². The van der Waals surface area contributed by atoms with E-state index in [-0.39, 0.29) is 0 Å². The first-order valence-corrected chi connectivity index (χ1v) is 8.84. The van der Waals surface area contributed by atoms with Crippen molar-refractivity contribution in [1.29, 1.82) is 0 Å². The number of nitrogens with zero attached hydrogens (tertiary/aromatic N) is 2. The largest absolute Gasteiger partial charge is 0.387 e. The van der Waals surface area contributed by atoms with Crippen LogP contribution in [0.1, 0.15) is 47.2 Å². The Hall–Kier alpha value is -1.65. The molecule has 0 amide bonds. The number of hydrogen-bond acceptors (Lipinski definition) is 3. The van der Waals surface area contributed by atoms with Crippen LogP contribution in [0.3, 0.4) is 0 Å². The van der Waals surface area contributed by atoms with Gasteiger partial charge in [-0.15, -0.1) is 11.3 Å². The van der Waals surface area contributed by atoms with Crippen molar-refractivity contribution in [2.75, 3.05) is 0 Å². The molecule has 0 bridgehead atoms. The molecule has 0 aliphatic heterocycles. The Bertz CT molecular complexity index is 775. The molecule has 3 nitrogen and oxygen atoms in total. The van der Waals surface area contributed by atoms with Crippen LogP contribution in [0.5, 0.6) is 0 Å². The van der Waals surface area contributed by atoms with Gasteiger partial charge in [0, 0.05) is 10.6 Å². The molecule has 1 unspecified atom stereocenters. The molecule has 114 valence electrons. The summed E-state index contributed by atoms with van der Waals surface area (Å²) in [5, 5.41) is 10.6. The summed E-state index contributed by atoms with van der Waals surface area (Å²) < 4.78 is 2.22. The highest BCUT2D eigenvalue weighted by Crippen LogP contribution is 2.33. The van der Waals surface area contributed by atoms with Crippen molar-refractivity contribution >= 4 is 16.3 Å². The molecule has 1 N–H and O–H groups in total. The van der Waals surface area contributed by atoms with Crippen LogP contribution in [0.2, 0.25) is 0 Å². The van der Waals surface area contributed by atoms with Gasteiger partial charge in [-0.05, 0) is 44.1 Å². The van der Waals surface area contributed by atoms with E-state index in [0.717, 1.165) is 29.9 Å². The van der Waals surface area contributed by atoms with Gasteiger partial charge in [0.25, 0.3) is 0 Å². The number of thiazole rings is 1. The summed E-state index contributed by atoms with van der Waals surface area (Å²) in [5.41, 5.74) is 3.62. The fourth-order valence-corrected chi connectivity index (χ4v) is 4.53. The normalized spacial score (nSPS) is 15.9. The van der Waals surface area contributed by atoms with Crippen molar-refractivity contribution in [3.63, 3.8) is 0 Å². The zero-order valence-corrected chi connectivity index (χ0v) is 13.4. The molecule has 1 aliphatic rings. The number of aromatic nitrogens is 2. The number of aliphatic hydroxyl groups is 1. The molecule has 1 aromatic carbocycles. The molecule has 0 saturated heterocycles. The molecular weight excluding hydrogens is 292 g/mol. The van der Waals surface area contributed by atoms with Gasteiger partial charge in [-0.1, -0.05) is 30.3 Å². The minimum Gasteiger partial charge on any atom is -0.387 e. The van der Waals surface area contributed by atoms with Gasteiger partial charge in [-0.25, -0.2) is 4.98 Å². The number of aryl methyl sites for hydroxylation is 3. The number of aliphatic hydroxyl groups excluding tert-OH is 1. The van der Waals surface area contributed by atoms with Crippen LogP contribution < -0.4 is 0 Å². The van der Waals surface area contributed by atoms with Gasteiger partial charge in [-0.2, -0.15) is 0 Å². The highest BCUT2D eigenvalue weighted by Gasteiger charge is 2.22. The summed E-state index contributed by atoms with van der Waals surface area (Å²) >= 11 is 1.79. The summed E-state index contributed by atoms with van der Waals surface area (Å²) in [6.07, 6.45) is 7.85. The molecule has 0 radical (unpaired) electrons. The van der Waals surface area contributed by atoms with Gasteiger partial charge in [-0.3, -0.25) is 4.40 Å². The Morgan fingerprint density at radius 3 is 2.86 bits per heavy atom. The Kier molecular flexibility index (Phi) is 3.72. The van der Waals surface area contributed by atoms with Crippen LogP contribution in [0.4, 0.5) is 0 Å². The molecule has 1 atom stereocenters. The lowest BCUT2D eigenvalue weighted by atomic mass is 10.0. The first-order valence-electron chi connectivity index (χ1n) is 8.03. The number of rotatable bonds is 4. The van der Waals surface area contributed by atoms with Crippen LogP contribution in [0.15, 0.2) is 36.5 Å². The van der Waals surface area contributed by atoms with E-state index in [1.807, 2.05) is 24.4 Å². The Balaban J connectivity index is 1.59. The third-order valence-corrected chi connectivity index (χ3v) is 5.68. The first-order chi connectivity index (χ1) is 10.8. The van der Waals surface area contributed by atoms with E-state index < -0.39 is 6.10 Å². The molecule has 0 saturated carbocycles. The fourth-order valence-electron chi connectivity index (χ4n) is 3.34. The van der Waals surface area contributed by atoms with Crippen molar-refractivity contribution in [2.45, 2.75) is 44.6 Å². The van der Waals surface area contributed by atoms with Gasteiger partial charge in [0.15, 0.2) is 4.96 Å². The Morgan fingerprint density at radius 2 is 2.00 bits per heavy atom. The number of imidazole rings is 1. The van der Waals surface area contributed by atoms with E-state index >= 15 is 0 Å². The van der Waals surface area contributed by atoms with Crippen molar-refractivity contribution in [1.82, 2.24) is 9.38 Å². The summed E-state index contributed by atoms with van der Waals surface area (Å²) in [5.74, 6) is 0. The maximum Gasteiger partial charge on any atom is 0.194 e. The second-order valence-electron chi connectivity index (χ2n) is 6.02. The topological polar surface area (TPSA) is 37.5 Å². The van der Waals surface area contributed by atoms with Gasteiger partial charge in [0.1, 0.15) is 0 Å². The van der Waals surface area contributed by atoms with E-state index in [9.17, 15) is 5.11 Å². The third-order valence-electron chi connectivity index (χ3n) is 4.52. The molecule has 4 rings (SSSR count). The predicted molar refractivity (Wildman–Crippen MR) is 89.4 cm³/mol. The summed E-state index contributed by atoms with van der Waals surface area (Å²) in [7, 11) is 0. The van der Waals surface area contributed by atoms with Crippen molar-refractivity contribution in [3.8, 4) is 0 Å². The average Bonchev–Trinajstić information content (AvgIpc) is 3.12. The molecule has 0 fully saturated rings. The summed E-state index contributed by atoms with van der Waals surface area (Å²) in [4.78, 5) is 7.03. The average molecular weight is 312 g/mol. The lowest BCUT2D eigenvalue weighted by Crippen LogP contribution is -2.08. The van der Waals surface area contributed by atoms with E-state index in [1.165, 1.54) is 35.4 Å². The zero-order chi connectivity index (χ0) is 14.9. The molecule has 4 heteroatoms. The van der Waals surface area contributed by atoms with Crippen LogP contribution in [-0.2, 0) is 19.3 Å². The van der Waals surface area contributed by atoms with Gasteiger partial charge in [0.2, 0.25) is 0 Å². The van der Waals surface area contributed by atoms with Gasteiger partial charge in [0.05, 0.1) is 18.0 Å². The second kappa shape index (κ2) is 5.86. The van der Waals surface area contributed by atoms with E-state index in [4.69, 9.17) is 0 Å². The molecule has 2 heterocycles. The first kappa shape index (κ1) is 14.0. The minimum absolute atomic E-state index is 0.448. The SMILES string of the molecule is OC(CCc1ccccc1)c1cnc2sc3c(n12)CCCC3. The molecule has 22 heavy (non-hydrogen) atoms.